The van der Waals surface area contributed by atoms with Crippen LogP contribution in [0.5, 0.6) is 0 Å². The molecule has 0 spiro atoms. The second-order valence-corrected chi connectivity index (χ2v) is 4.09. The Morgan fingerprint density at radius 3 is 2.94 bits per heavy atom. The molecule has 0 aliphatic carbocycles. The van der Waals surface area contributed by atoms with Crippen LogP contribution in [0.2, 0.25) is 0 Å². The normalized spacial score (nSPS) is 12.8. The summed E-state index contributed by atoms with van der Waals surface area (Å²) in [4.78, 5) is 4.32. The van der Waals surface area contributed by atoms with Gasteiger partial charge in [-0.05, 0) is 17.7 Å². The van der Waals surface area contributed by atoms with E-state index in [1.165, 1.54) is 0 Å². The van der Waals surface area contributed by atoms with Crippen molar-refractivity contribution in [3.8, 4) is 0 Å². The van der Waals surface area contributed by atoms with Gasteiger partial charge >= 0.3 is 0 Å². The van der Waals surface area contributed by atoms with Crippen LogP contribution in [0.3, 0.4) is 0 Å². The van der Waals surface area contributed by atoms with Gasteiger partial charge in [0.25, 0.3) is 0 Å². The zero-order valence-electron chi connectivity index (χ0n) is 10.5. The van der Waals surface area contributed by atoms with Gasteiger partial charge in [-0.1, -0.05) is 18.2 Å². The summed E-state index contributed by atoms with van der Waals surface area (Å²) in [6.07, 6.45) is 1.78. The lowest BCUT2D eigenvalue weighted by atomic mass is 10.0. The highest BCUT2D eigenvalue weighted by atomic mass is 16.5. The lowest BCUT2D eigenvalue weighted by molar-refractivity contribution is 0.0637. The molecular weight excluding hydrogens is 228 g/mol. The first-order valence-electron chi connectivity index (χ1n) is 5.99. The van der Waals surface area contributed by atoms with E-state index in [1.807, 2.05) is 30.3 Å². The minimum atomic E-state index is -0.144. The number of nitrogens with two attached hydrogens (primary N) is 1. The Hall–Kier alpha value is -1.49. The standard InChI is InChI=1S/C14H18N2O2/c1-17-8-9-18-10-13(15)11-4-2-6-14-12(11)5-3-7-16-14/h2-7,13H,8-10,15H2,1H3. The number of benzene rings is 1. The number of rotatable bonds is 6. The van der Waals surface area contributed by atoms with Crippen molar-refractivity contribution in [2.75, 3.05) is 26.9 Å². The van der Waals surface area contributed by atoms with Crippen molar-refractivity contribution in [2.24, 2.45) is 5.73 Å². The topological polar surface area (TPSA) is 57.4 Å². The summed E-state index contributed by atoms with van der Waals surface area (Å²) < 4.78 is 10.4. The summed E-state index contributed by atoms with van der Waals surface area (Å²) in [5.74, 6) is 0. The van der Waals surface area contributed by atoms with Gasteiger partial charge in [0, 0.05) is 18.7 Å². The maximum atomic E-state index is 6.15. The third-order valence-corrected chi connectivity index (χ3v) is 2.81. The fraction of sp³-hybridized carbons (Fsp3) is 0.357. The fourth-order valence-corrected chi connectivity index (χ4v) is 1.89. The molecule has 2 rings (SSSR count). The first kappa shape index (κ1) is 13.0. The molecule has 0 aliphatic heterocycles. The Morgan fingerprint density at radius 1 is 1.22 bits per heavy atom. The molecule has 0 aliphatic rings. The Kier molecular flexibility index (Phi) is 4.64. The zero-order chi connectivity index (χ0) is 12.8. The lowest BCUT2D eigenvalue weighted by Crippen LogP contribution is -2.18. The molecule has 4 heteroatoms. The average Bonchev–Trinajstić information content (AvgIpc) is 2.43. The van der Waals surface area contributed by atoms with Gasteiger partial charge < -0.3 is 15.2 Å². The molecule has 2 N–H and O–H groups in total. The SMILES string of the molecule is COCCOCC(N)c1cccc2ncccc12. The second kappa shape index (κ2) is 6.44. The highest BCUT2D eigenvalue weighted by Crippen LogP contribution is 2.21. The van der Waals surface area contributed by atoms with Crippen LogP contribution in [0.1, 0.15) is 11.6 Å². The maximum Gasteiger partial charge on any atom is 0.0705 e. The number of methoxy groups -OCH3 is 1. The number of ether oxygens (including phenoxy) is 2. The number of fused-ring (bicyclic) bond motifs is 1. The molecule has 0 bridgehead atoms. The molecule has 2 aromatic rings. The second-order valence-electron chi connectivity index (χ2n) is 4.09. The predicted molar refractivity (Wildman–Crippen MR) is 71.4 cm³/mol. The summed E-state index contributed by atoms with van der Waals surface area (Å²) >= 11 is 0. The zero-order valence-corrected chi connectivity index (χ0v) is 10.5. The van der Waals surface area contributed by atoms with Crippen LogP contribution in [-0.2, 0) is 9.47 Å². The van der Waals surface area contributed by atoms with E-state index in [9.17, 15) is 0 Å². The summed E-state index contributed by atoms with van der Waals surface area (Å²) in [6.45, 7) is 1.63. The van der Waals surface area contributed by atoms with Gasteiger partial charge in [0.15, 0.2) is 0 Å². The van der Waals surface area contributed by atoms with E-state index >= 15 is 0 Å². The molecule has 1 aromatic heterocycles. The van der Waals surface area contributed by atoms with Crippen LogP contribution in [-0.4, -0.2) is 31.9 Å². The van der Waals surface area contributed by atoms with Gasteiger partial charge in [-0.3, -0.25) is 4.98 Å². The van der Waals surface area contributed by atoms with E-state index in [4.69, 9.17) is 15.2 Å². The van der Waals surface area contributed by atoms with E-state index in [-0.39, 0.29) is 6.04 Å². The molecular formula is C14H18N2O2. The van der Waals surface area contributed by atoms with E-state index < -0.39 is 0 Å². The van der Waals surface area contributed by atoms with Crippen molar-refractivity contribution in [2.45, 2.75) is 6.04 Å². The van der Waals surface area contributed by atoms with Gasteiger partial charge in [-0.15, -0.1) is 0 Å². The monoisotopic (exact) mass is 246 g/mol. The summed E-state index contributed by atoms with van der Waals surface area (Å²) in [5, 5.41) is 1.09. The minimum Gasteiger partial charge on any atom is -0.382 e. The minimum absolute atomic E-state index is 0.144. The van der Waals surface area contributed by atoms with Gasteiger partial charge in [-0.2, -0.15) is 0 Å². The van der Waals surface area contributed by atoms with Crippen LogP contribution in [0, 0.1) is 0 Å². The molecule has 1 aromatic carbocycles. The number of hydrogen-bond donors (Lipinski definition) is 1. The summed E-state index contributed by atoms with van der Waals surface area (Å²) in [5.41, 5.74) is 8.18. The Bertz CT molecular complexity index is 497. The molecule has 0 saturated heterocycles. The summed E-state index contributed by atoms with van der Waals surface area (Å²) in [6, 6.07) is 9.79. The smallest absolute Gasteiger partial charge is 0.0705 e. The number of nitrogens with zero attached hydrogens (tertiary/aromatic N) is 1. The lowest BCUT2D eigenvalue weighted by Gasteiger charge is -2.14. The molecule has 1 heterocycles. The number of hydrogen-bond acceptors (Lipinski definition) is 4. The predicted octanol–water partition coefficient (Wildman–Crippen LogP) is 1.90. The van der Waals surface area contributed by atoms with Crippen LogP contribution < -0.4 is 5.73 Å². The van der Waals surface area contributed by atoms with Crippen LogP contribution >= 0.6 is 0 Å². The van der Waals surface area contributed by atoms with Crippen molar-refractivity contribution < 1.29 is 9.47 Å². The van der Waals surface area contributed by atoms with Gasteiger partial charge in [0.05, 0.1) is 31.4 Å². The maximum absolute atomic E-state index is 6.15. The van der Waals surface area contributed by atoms with Gasteiger partial charge in [0.1, 0.15) is 0 Å². The molecule has 1 atom stereocenters. The largest absolute Gasteiger partial charge is 0.382 e. The van der Waals surface area contributed by atoms with Crippen molar-refractivity contribution in [1.29, 1.82) is 0 Å². The van der Waals surface area contributed by atoms with Crippen molar-refractivity contribution >= 4 is 10.9 Å². The van der Waals surface area contributed by atoms with E-state index in [2.05, 4.69) is 4.98 Å². The first-order valence-corrected chi connectivity index (χ1v) is 5.99. The first-order chi connectivity index (χ1) is 8.83. The highest BCUT2D eigenvalue weighted by Gasteiger charge is 2.09. The van der Waals surface area contributed by atoms with Crippen LogP contribution in [0.4, 0.5) is 0 Å². The Labute approximate surface area is 107 Å². The molecule has 0 amide bonds. The fourth-order valence-electron chi connectivity index (χ4n) is 1.89. The van der Waals surface area contributed by atoms with Crippen molar-refractivity contribution in [1.82, 2.24) is 4.98 Å². The molecule has 0 fully saturated rings. The molecule has 1 unspecified atom stereocenters. The van der Waals surface area contributed by atoms with E-state index in [0.717, 1.165) is 16.5 Å². The van der Waals surface area contributed by atoms with Crippen molar-refractivity contribution in [3.63, 3.8) is 0 Å². The molecule has 4 nitrogen and oxygen atoms in total. The third kappa shape index (κ3) is 3.04. The average molecular weight is 246 g/mol. The van der Waals surface area contributed by atoms with Crippen LogP contribution in [0.15, 0.2) is 36.5 Å². The molecule has 96 valence electrons. The molecule has 0 saturated carbocycles. The van der Waals surface area contributed by atoms with E-state index in [1.54, 1.807) is 13.3 Å². The Balaban J connectivity index is 2.10. The van der Waals surface area contributed by atoms with Gasteiger partial charge in [-0.25, -0.2) is 0 Å². The van der Waals surface area contributed by atoms with Crippen molar-refractivity contribution in [3.05, 3.63) is 42.1 Å². The molecule has 18 heavy (non-hydrogen) atoms. The third-order valence-electron chi connectivity index (χ3n) is 2.81. The summed E-state index contributed by atoms with van der Waals surface area (Å²) in [7, 11) is 1.65. The van der Waals surface area contributed by atoms with E-state index in [0.29, 0.717) is 19.8 Å². The molecule has 0 radical (unpaired) electrons. The van der Waals surface area contributed by atoms with Gasteiger partial charge in [0.2, 0.25) is 0 Å². The van der Waals surface area contributed by atoms with Crippen LogP contribution in [0.25, 0.3) is 10.9 Å². The quantitative estimate of drug-likeness (QED) is 0.791. The number of aromatic nitrogens is 1. The number of pyridine rings is 1. The highest BCUT2D eigenvalue weighted by molar-refractivity contribution is 5.82. The Morgan fingerprint density at radius 2 is 2.11 bits per heavy atom.